The Hall–Kier alpha value is -3.04. The van der Waals surface area contributed by atoms with Gasteiger partial charge in [0.15, 0.2) is 11.5 Å². The Kier molecular flexibility index (Phi) is 5.57. The first-order valence-electron chi connectivity index (χ1n) is 7.79. The molecule has 2 amide bonds. The monoisotopic (exact) mass is 420 g/mol. The van der Waals surface area contributed by atoms with Crippen molar-refractivity contribution in [2.45, 2.75) is 0 Å². The minimum atomic E-state index is -0.600. The van der Waals surface area contributed by atoms with E-state index >= 15 is 0 Å². The molecule has 0 unspecified atom stereocenters. The number of rotatable bonds is 5. The van der Waals surface area contributed by atoms with Gasteiger partial charge in [-0.2, -0.15) is 0 Å². The fourth-order valence-electron chi connectivity index (χ4n) is 2.58. The summed E-state index contributed by atoms with van der Waals surface area (Å²) in [6.45, 7) is 0. The molecule has 10 heteroatoms. The number of carbonyl (C=O) groups is 2. The molecule has 2 aromatic carbocycles. The summed E-state index contributed by atoms with van der Waals surface area (Å²) in [6, 6.07) is 8.79. The summed E-state index contributed by atoms with van der Waals surface area (Å²) in [5, 5.41) is 11.4. The lowest BCUT2D eigenvalue weighted by Crippen LogP contribution is -2.27. The molecule has 0 aromatic heterocycles. The first-order valence-corrected chi connectivity index (χ1v) is 8.99. The zero-order valence-electron chi connectivity index (χ0n) is 14.7. The molecular formula is C18H13ClN2O6S. The van der Waals surface area contributed by atoms with Crippen LogP contribution in [0.5, 0.6) is 11.5 Å². The second kappa shape index (κ2) is 7.91. The number of halogens is 1. The second-order valence-electron chi connectivity index (χ2n) is 5.52. The van der Waals surface area contributed by atoms with E-state index in [9.17, 15) is 19.7 Å². The van der Waals surface area contributed by atoms with Crippen molar-refractivity contribution >= 4 is 52.0 Å². The van der Waals surface area contributed by atoms with Gasteiger partial charge in [0.05, 0.1) is 41.4 Å². The molecule has 1 aliphatic rings. The van der Waals surface area contributed by atoms with Crippen LogP contribution >= 0.6 is 23.4 Å². The van der Waals surface area contributed by atoms with Crippen LogP contribution in [0.4, 0.5) is 16.2 Å². The van der Waals surface area contributed by atoms with E-state index in [2.05, 4.69) is 0 Å². The number of thioether (sulfide) groups is 1. The van der Waals surface area contributed by atoms with Gasteiger partial charge in [0.1, 0.15) is 0 Å². The standard InChI is InChI=1S/C18H13ClN2O6S/c1-26-14-7-10(13(21(24)25)9-15(14)27-2)8-16-17(22)20(18(23)28-16)12-5-3-11(19)4-6-12/h3-9H,1-2H3/b16-8+. The largest absolute Gasteiger partial charge is 0.493 e. The molecule has 1 heterocycles. The highest BCUT2D eigenvalue weighted by atomic mass is 35.5. The van der Waals surface area contributed by atoms with Crippen LogP contribution < -0.4 is 14.4 Å². The number of ether oxygens (including phenoxy) is 2. The number of hydrogen-bond acceptors (Lipinski definition) is 7. The number of hydrogen-bond donors (Lipinski definition) is 0. The number of anilines is 1. The van der Waals surface area contributed by atoms with E-state index in [0.29, 0.717) is 22.5 Å². The lowest BCUT2D eigenvalue weighted by molar-refractivity contribution is -0.385. The SMILES string of the molecule is COc1cc(/C=C2/SC(=O)N(c3ccc(Cl)cc3)C2=O)c([N+](=O)[O-])cc1OC. The van der Waals surface area contributed by atoms with E-state index in [0.717, 1.165) is 4.90 Å². The van der Waals surface area contributed by atoms with Crippen LogP contribution in [0.2, 0.25) is 5.02 Å². The number of nitro benzene ring substituents is 1. The summed E-state index contributed by atoms with van der Waals surface area (Å²) in [6.07, 6.45) is 1.29. The van der Waals surface area contributed by atoms with Gasteiger partial charge >= 0.3 is 0 Å². The average molecular weight is 421 g/mol. The van der Waals surface area contributed by atoms with Gasteiger partial charge in [-0.25, -0.2) is 4.90 Å². The van der Waals surface area contributed by atoms with Gasteiger partial charge in [-0.05, 0) is 48.2 Å². The number of methoxy groups -OCH3 is 2. The van der Waals surface area contributed by atoms with Gasteiger partial charge in [0.25, 0.3) is 16.8 Å². The van der Waals surface area contributed by atoms with Crippen LogP contribution in [0, 0.1) is 10.1 Å². The zero-order valence-corrected chi connectivity index (χ0v) is 16.2. The molecule has 0 aliphatic carbocycles. The van der Waals surface area contributed by atoms with Gasteiger partial charge < -0.3 is 9.47 Å². The highest BCUT2D eigenvalue weighted by Gasteiger charge is 2.37. The third kappa shape index (κ3) is 3.67. The first kappa shape index (κ1) is 19.7. The van der Waals surface area contributed by atoms with Crippen molar-refractivity contribution < 1.29 is 24.0 Å². The molecule has 2 aromatic rings. The number of benzene rings is 2. The summed E-state index contributed by atoms with van der Waals surface area (Å²) >= 11 is 6.53. The maximum Gasteiger partial charge on any atom is 0.298 e. The van der Waals surface area contributed by atoms with E-state index in [-0.39, 0.29) is 27.7 Å². The number of nitrogens with zero attached hydrogens (tertiary/aromatic N) is 2. The first-order chi connectivity index (χ1) is 13.3. The minimum absolute atomic E-state index is 0.0512. The molecule has 1 aliphatic heterocycles. The van der Waals surface area contributed by atoms with Crippen molar-refractivity contribution in [3.8, 4) is 11.5 Å². The molecule has 0 radical (unpaired) electrons. The average Bonchev–Trinajstić information content (AvgIpc) is 2.95. The van der Waals surface area contributed by atoms with Crippen LogP contribution in [-0.4, -0.2) is 30.3 Å². The van der Waals surface area contributed by atoms with Gasteiger partial charge in [-0.3, -0.25) is 19.7 Å². The van der Waals surface area contributed by atoms with Crippen LogP contribution in [0.1, 0.15) is 5.56 Å². The van der Waals surface area contributed by atoms with Gasteiger partial charge in [0.2, 0.25) is 0 Å². The molecule has 0 atom stereocenters. The number of carbonyl (C=O) groups excluding carboxylic acids is 2. The van der Waals surface area contributed by atoms with Crippen LogP contribution in [-0.2, 0) is 4.79 Å². The normalized spacial score (nSPS) is 15.2. The Morgan fingerprint density at radius 2 is 1.71 bits per heavy atom. The van der Waals surface area contributed by atoms with Gasteiger partial charge in [-0.1, -0.05) is 11.6 Å². The summed E-state index contributed by atoms with van der Waals surface area (Å²) in [5.74, 6) is -0.140. The Bertz CT molecular complexity index is 1010. The van der Waals surface area contributed by atoms with E-state index < -0.39 is 16.1 Å². The summed E-state index contributed by atoms with van der Waals surface area (Å²) in [5.41, 5.74) is 0.192. The quantitative estimate of drug-likeness (QED) is 0.398. The predicted molar refractivity (Wildman–Crippen MR) is 106 cm³/mol. The Labute approximate surface area is 168 Å². The fourth-order valence-corrected chi connectivity index (χ4v) is 3.54. The van der Waals surface area contributed by atoms with Gasteiger partial charge in [0, 0.05) is 5.02 Å². The summed E-state index contributed by atoms with van der Waals surface area (Å²) < 4.78 is 10.2. The predicted octanol–water partition coefficient (Wildman–Crippen LogP) is 4.51. The summed E-state index contributed by atoms with van der Waals surface area (Å²) in [4.78, 5) is 36.9. The lowest BCUT2D eigenvalue weighted by Gasteiger charge is -2.12. The van der Waals surface area contributed by atoms with Gasteiger partial charge in [-0.15, -0.1) is 0 Å². The van der Waals surface area contributed by atoms with Crippen LogP contribution in [0.15, 0.2) is 41.3 Å². The van der Waals surface area contributed by atoms with Crippen molar-refractivity contribution in [2.24, 2.45) is 0 Å². The van der Waals surface area contributed by atoms with E-state index in [1.54, 1.807) is 24.3 Å². The van der Waals surface area contributed by atoms with E-state index in [1.807, 2.05) is 0 Å². The molecule has 144 valence electrons. The fraction of sp³-hybridized carbons (Fsp3) is 0.111. The summed E-state index contributed by atoms with van der Waals surface area (Å²) in [7, 11) is 2.75. The molecule has 8 nitrogen and oxygen atoms in total. The van der Waals surface area contributed by atoms with Crippen molar-refractivity contribution in [3.05, 3.63) is 62.0 Å². The smallest absolute Gasteiger partial charge is 0.298 e. The van der Waals surface area contributed by atoms with E-state index in [4.69, 9.17) is 21.1 Å². The van der Waals surface area contributed by atoms with Crippen molar-refractivity contribution in [1.82, 2.24) is 0 Å². The zero-order chi connectivity index (χ0) is 20.4. The molecule has 1 fully saturated rings. The number of imide groups is 1. The Balaban J connectivity index is 2.04. The Morgan fingerprint density at radius 1 is 1.11 bits per heavy atom. The van der Waals surface area contributed by atoms with Crippen LogP contribution in [0.25, 0.3) is 6.08 Å². The highest BCUT2D eigenvalue weighted by Crippen LogP contribution is 2.40. The van der Waals surface area contributed by atoms with Crippen molar-refractivity contribution in [3.63, 3.8) is 0 Å². The molecular weight excluding hydrogens is 408 g/mol. The minimum Gasteiger partial charge on any atom is -0.493 e. The molecule has 1 saturated heterocycles. The Morgan fingerprint density at radius 3 is 2.29 bits per heavy atom. The molecule has 0 saturated carbocycles. The van der Waals surface area contributed by atoms with Crippen LogP contribution in [0.3, 0.4) is 0 Å². The highest BCUT2D eigenvalue weighted by molar-refractivity contribution is 8.19. The molecule has 0 spiro atoms. The third-order valence-electron chi connectivity index (χ3n) is 3.89. The van der Waals surface area contributed by atoms with E-state index in [1.165, 1.54) is 32.4 Å². The lowest BCUT2D eigenvalue weighted by atomic mass is 10.1. The third-order valence-corrected chi connectivity index (χ3v) is 5.02. The maximum atomic E-state index is 12.7. The molecule has 0 bridgehead atoms. The van der Waals surface area contributed by atoms with Crippen molar-refractivity contribution in [1.29, 1.82) is 0 Å². The molecule has 28 heavy (non-hydrogen) atoms. The van der Waals surface area contributed by atoms with Crippen molar-refractivity contribution in [2.75, 3.05) is 19.1 Å². The number of nitro groups is 1. The molecule has 3 rings (SSSR count). The topological polar surface area (TPSA) is 99.0 Å². The number of amides is 2. The molecule has 0 N–H and O–H groups in total. The maximum absolute atomic E-state index is 12.7. The second-order valence-corrected chi connectivity index (χ2v) is 6.95.